The first-order valence-corrected chi connectivity index (χ1v) is 10.2. The van der Waals surface area contributed by atoms with E-state index in [2.05, 4.69) is 15.9 Å². The Balaban J connectivity index is 2.05. The Morgan fingerprint density at radius 3 is 2.25 bits per heavy atom. The number of hydrogen-bond acceptors (Lipinski definition) is 5. The van der Waals surface area contributed by atoms with Crippen LogP contribution in [0.4, 0.5) is 4.79 Å². The SMILES string of the molecule is CCCOc1c(Br)cc(C(=O)N2CCN(C(=O)OC(C)(C)C)CC2)cc1OC. The van der Waals surface area contributed by atoms with Gasteiger partial charge in [0.25, 0.3) is 5.91 Å². The summed E-state index contributed by atoms with van der Waals surface area (Å²) in [5.74, 6) is 0.999. The van der Waals surface area contributed by atoms with E-state index in [0.29, 0.717) is 54.3 Å². The number of piperazine rings is 1. The van der Waals surface area contributed by atoms with Gasteiger partial charge in [0.15, 0.2) is 11.5 Å². The second-order valence-electron chi connectivity index (χ2n) is 7.60. The maximum absolute atomic E-state index is 12.9. The number of rotatable bonds is 5. The second-order valence-corrected chi connectivity index (χ2v) is 8.45. The Bertz CT molecular complexity index is 709. The summed E-state index contributed by atoms with van der Waals surface area (Å²) in [7, 11) is 1.55. The molecule has 1 aromatic carbocycles. The molecule has 8 heteroatoms. The van der Waals surface area contributed by atoms with Gasteiger partial charge in [-0.05, 0) is 55.3 Å². The summed E-state index contributed by atoms with van der Waals surface area (Å²) in [6, 6.07) is 3.44. The molecule has 0 spiro atoms. The molecule has 1 aliphatic rings. The number of halogens is 1. The highest BCUT2D eigenvalue weighted by Crippen LogP contribution is 2.37. The Morgan fingerprint density at radius 2 is 1.71 bits per heavy atom. The average molecular weight is 457 g/mol. The van der Waals surface area contributed by atoms with Crippen LogP contribution in [0.15, 0.2) is 16.6 Å². The monoisotopic (exact) mass is 456 g/mol. The summed E-state index contributed by atoms with van der Waals surface area (Å²) >= 11 is 3.47. The van der Waals surface area contributed by atoms with Gasteiger partial charge in [0.1, 0.15) is 5.60 Å². The maximum atomic E-state index is 12.9. The molecule has 2 rings (SSSR count). The third-order valence-corrected chi connectivity index (χ3v) is 4.73. The molecule has 1 fully saturated rings. The fraction of sp³-hybridized carbons (Fsp3) is 0.600. The molecular formula is C20H29BrN2O5. The van der Waals surface area contributed by atoms with Gasteiger partial charge in [-0.25, -0.2) is 4.79 Å². The van der Waals surface area contributed by atoms with Crippen LogP contribution in [-0.2, 0) is 4.74 Å². The average Bonchev–Trinajstić information content (AvgIpc) is 2.64. The zero-order valence-corrected chi connectivity index (χ0v) is 18.8. The van der Waals surface area contributed by atoms with Gasteiger partial charge in [0, 0.05) is 31.7 Å². The van der Waals surface area contributed by atoms with E-state index < -0.39 is 5.60 Å². The highest BCUT2D eigenvalue weighted by Gasteiger charge is 2.28. The normalized spacial score (nSPS) is 14.6. The van der Waals surface area contributed by atoms with Crippen molar-refractivity contribution in [3.8, 4) is 11.5 Å². The first-order chi connectivity index (χ1) is 13.2. The van der Waals surface area contributed by atoms with E-state index >= 15 is 0 Å². The van der Waals surface area contributed by atoms with Crippen LogP contribution in [0, 0.1) is 0 Å². The minimum absolute atomic E-state index is 0.107. The molecule has 156 valence electrons. The molecule has 1 heterocycles. The molecule has 28 heavy (non-hydrogen) atoms. The van der Waals surface area contributed by atoms with Gasteiger partial charge in [-0.15, -0.1) is 0 Å². The zero-order chi connectivity index (χ0) is 20.9. The molecule has 0 N–H and O–H groups in total. The highest BCUT2D eigenvalue weighted by molar-refractivity contribution is 9.10. The van der Waals surface area contributed by atoms with Crippen molar-refractivity contribution in [2.24, 2.45) is 0 Å². The predicted molar refractivity (Wildman–Crippen MR) is 110 cm³/mol. The molecule has 0 unspecified atom stereocenters. The fourth-order valence-electron chi connectivity index (χ4n) is 2.79. The van der Waals surface area contributed by atoms with Crippen molar-refractivity contribution < 1.29 is 23.8 Å². The number of methoxy groups -OCH3 is 1. The van der Waals surface area contributed by atoms with E-state index in [0.717, 1.165) is 6.42 Å². The van der Waals surface area contributed by atoms with Crippen molar-refractivity contribution in [2.45, 2.75) is 39.7 Å². The van der Waals surface area contributed by atoms with Crippen LogP contribution in [0.5, 0.6) is 11.5 Å². The van der Waals surface area contributed by atoms with Crippen molar-refractivity contribution >= 4 is 27.9 Å². The Morgan fingerprint density at radius 1 is 1.11 bits per heavy atom. The number of amides is 2. The van der Waals surface area contributed by atoms with Crippen LogP contribution in [0.3, 0.4) is 0 Å². The van der Waals surface area contributed by atoms with Gasteiger partial charge in [0.2, 0.25) is 0 Å². The first kappa shape index (κ1) is 22.3. The zero-order valence-electron chi connectivity index (χ0n) is 17.2. The number of benzene rings is 1. The van der Waals surface area contributed by atoms with Crippen LogP contribution in [0.25, 0.3) is 0 Å². The Hall–Kier alpha value is -1.96. The van der Waals surface area contributed by atoms with Crippen LogP contribution < -0.4 is 9.47 Å². The molecule has 1 aliphatic heterocycles. The van der Waals surface area contributed by atoms with Gasteiger partial charge in [0.05, 0.1) is 18.2 Å². The smallest absolute Gasteiger partial charge is 0.410 e. The van der Waals surface area contributed by atoms with Crippen molar-refractivity contribution in [1.29, 1.82) is 0 Å². The number of nitrogens with zero attached hydrogens (tertiary/aromatic N) is 2. The quantitative estimate of drug-likeness (QED) is 0.670. The third kappa shape index (κ3) is 5.77. The molecular weight excluding hydrogens is 428 g/mol. The van der Waals surface area contributed by atoms with Crippen LogP contribution in [-0.4, -0.2) is 67.3 Å². The summed E-state index contributed by atoms with van der Waals surface area (Å²) in [6.07, 6.45) is 0.527. The van der Waals surface area contributed by atoms with E-state index in [9.17, 15) is 9.59 Å². The molecule has 2 amide bonds. The molecule has 0 radical (unpaired) electrons. The van der Waals surface area contributed by atoms with E-state index in [1.165, 1.54) is 0 Å². The predicted octanol–water partition coefficient (Wildman–Crippen LogP) is 3.94. The van der Waals surface area contributed by atoms with Crippen molar-refractivity contribution in [2.75, 3.05) is 39.9 Å². The number of hydrogen-bond donors (Lipinski definition) is 0. The lowest BCUT2D eigenvalue weighted by molar-refractivity contribution is 0.0141. The van der Waals surface area contributed by atoms with E-state index in [1.54, 1.807) is 29.0 Å². The molecule has 1 aromatic rings. The van der Waals surface area contributed by atoms with Gasteiger partial charge >= 0.3 is 6.09 Å². The minimum Gasteiger partial charge on any atom is -0.493 e. The lowest BCUT2D eigenvalue weighted by Gasteiger charge is -2.35. The Labute approximate surface area is 175 Å². The molecule has 1 saturated heterocycles. The van der Waals surface area contributed by atoms with Crippen LogP contribution in [0.1, 0.15) is 44.5 Å². The summed E-state index contributed by atoms with van der Waals surface area (Å²) < 4.78 is 17.2. The first-order valence-electron chi connectivity index (χ1n) is 9.43. The Kier molecular flexibility index (Phi) is 7.57. The largest absolute Gasteiger partial charge is 0.493 e. The van der Waals surface area contributed by atoms with Gasteiger partial charge in [-0.1, -0.05) is 6.92 Å². The number of carbonyl (C=O) groups excluding carboxylic acids is 2. The summed E-state index contributed by atoms with van der Waals surface area (Å²) in [5, 5.41) is 0. The fourth-order valence-corrected chi connectivity index (χ4v) is 3.35. The van der Waals surface area contributed by atoms with E-state index in [4.69, 9.17) is 14.2 Å². The van der Waals surface area contributed by atoms with Gasteiger partial charge in [-0.3, -0.25) is 4.79 Å². The summed E-state index contributed by atoms with van der Waals surface area (Å²) in [6.45, 7) is 9.88. The van der Waals surface area contributed by atoms with Crippen molar-refractivity contribution in [1.82, 2.24) is 9.80 Å². The summed E-state index contributed by atoms with van der Waals surface area (Å²) in [4.78, 5) is 28.5. The van der Waals surface area contributed by atoms with Gasteiger partial charge < -0.3 is 24.0 Å². The lowest BCUT2D eigenvalue weighted by Crippen LogP contribution is -2.51. The standard InChI is InChI=1S/C20H29BrN2O5/c1-6-11-27-17-15(21)12-14(13-16(17)26-5)18(24)22-7-9-23(10-8-22)19(25)28-20(2,3)4/h12-13H,6-11H2,1-5H3. The minimum atomic E-state index is -0.533. The molecule has 0 atom stereocenters. The second kappa shape index (κ2) is 9.49. The van der Waals surface area contributed by atoms with Crippen LogP contribution in [0.2, 0.25) is 0 Å². The number of carbonyl (C=O) groups is 2. The lowest BCUT2D eigenvalue weighted by atomic mass is 10.1. The van der Waals surface area contributed by atoms with Crippen LogP contribution >= 0.6 is 15.9 Å². The van der Waals surface area contributed by atoms with E-state index in [-0.39, 0.29) is 12.0 Å². The molecule has 0 aromatic heterocycles. The maximum Gasteiger partial charge on any atom is 0.410 e. The van der Waals surface area contributed by atoms with Crippen molar-refractivity contribution in [3.63, 3.8) is 0 Å². The molecule has 0 aliphatic carbocycles. The summed E-state index contributed by atoms with van der Waals surface area (Å²) in [5.41, 5.74) is -0.0210. The molecule has 7 nitrogen and oxygen atoms in total. The van der Waals surface area contributed by atoms with E-state index in [1.807, 2.05) is 27.7 Å². The third-order valence-electron chi connectivity index (χ3n) is 4.15. The van der Waals surface area contributed by atoms with Crippen molar-refractivity contribution in [3.05, 3.63) is 22.2 Å². The molecule has 0 bridgehead atoms. The van der Waals surface area contributed by atoms with Gasteiger partial charge in [-0.2, -0.15) is 0 Å². The molecule has 0 saturated carbocycles. The topological polar surface area (TPSA) is 68.3 Å². The number of ether oxygens (including phenoxy) is 3. The highest BCUT2D eigenvalue weighted by atomic mass is 79.9.